The molecule has 0 saturated carbocycles. The molecule has 1 unspecified atom stereocenters. The summed E-state index contributed by atoms with van der Waals surface area (Å²) in [6.07, 6.45) is 2.88. The first kappa shape index (κ1) is 11.7. The average molecular weight is 199 g/mol. The Kier molecular flexibility index (Phi) is 5.12. The molecule has 1 fully saturated rings. The lowest BCUT2D eigenvalue weighted by molar-refractivity contribution is -0.124. The fraction of sp³-hybridized carbons (Fsp3) is 0.909. The highest BCUT2D eigenvalue weighted by atomic mass is 16.5. The molecule has 1 heterocycles. The molecule has 0 bridgehead atoms. The van der Waals surface area contributed by atoms with Crippen LogP contribution in [0.25, 0.3) is 0 Å². The number of hydrogen-bond donors (Lipinski definition) is 1. The molecule has 14 heavy (non-hydrogen) atoms. The lowest BCUT2D eigenvalue weighted by Gasteiger charge is -2.21. The van der Waals surface area contributed by atoms with Crippen molar-refractivity contribution in [3.8, 4) is 0 Å². The van der Waals surface area contributed by atoms with Crippen molar-refractivity contribution >= 4 is 5.78 Å². The topological polar surface area (TPSA) is 38.3 Å². The normalized spacial score (nSPS) is 20.7. The Labute approximate surface area is 86.2 Å². The van der Waals surface area contributed by atoms with Crippen LogP contribution >= 0.6 is 0 Å². The first-order chi connectivity index (χ1) is 6.74. The van der Waals surface area contributed by atoms with E-state index in [0.29, 0.717) is 18.4 Å². The van der Waals surface area contributed by atoms with Crippen molar-refractivity contribution in [1.82, 2.24) is 5.32 Å². The van der Waals surface area contributed by atoms with E-state index in [1.165, 1.54) is 0 Å². The Morgan fingerprint density at radius 1 is 1.50 bits per heavy atom. The van der Waals surface area contributed by atoms with Crippen LogP contribution in [0, 0.1) is 5.92 Å². The summed E-state index contributed by atoms with van der Waals surface area (Å²) >= 11 is 0. The predicted molar refractivity (Wildman–Crippen MR) is 56.3 cm³/mol. The van der Waals surface area contributed by atoms with Crippen molar-refractivity contribution in [2.45, 2.75) is 39.2 Å². The monoisotopic (exact) mass is 199 g/mol. The van der Waals surface area contributed by atoms with Crippen molar-refractivity contribution in [2.75, 3.05) is 19.8 Å². The van der Waals surface area contributed by atoms with Gasteiger partial charge in [-0.05, 0) is 26.2 Å². The summed E-state index contributed by atoms with van der Waals surface area (Å²) in [5, 5.41) is 3.24. The van der Waals surface area contributed by atoms with Crippen LogP contribution < -0.4 is 5.32 Å². The molecule has 0 aromatic carbocycles. The van der Waals surface area contributed by atoms with Crippen molar-refractivity contribution < 1.29 is 9.53 Å². The Balaban J connectivity index is 2.19. The third-order valence-corrected chi connectivity index (χ3v) is 2.91. The summed E-state index contributed by atoms with van der Waals surface area (Å²) in [7, 11) is 0. The number of carbonyl (C=O) groups excluding carboxylic acids is 1. The highest BCUT2D eigenvalue weighted by Gasteiger charge is 2.21. The van der Waals surface area contributed by atoms with Gasteiger partial charge in [0.2, 0.25) is 0 Å². The van der Waals surface area contributed by atoms with Gasteiger partial charge >= 0.3 is 0 Å². The standard InChI is InChI=1S/C11H21NO2/c1-3-9(2)12-8-11(13)10-4-6-14-7-5-10/h9-10,12H,3-8H2,1-2H3. The van der Waals surface area contributed by atoms with Crippen LogP contribution in [-0.2, 0) is 9.53 Å². The molecule has 1 rings (SSSR count). The van der Waals surface area contributed by atoms with E-state index in [1.54, 1.807) is 0 Å². The number of hydrogen-bond acceptors (Lipinski definition) is 3. The number of rotatable bonds is 5. The zero-order valence-corrected chi connectivity index (χ0v) is 9.21. The number of ketones is 1. The fourth-order valence-electron chi connectivity index (χ4n) is 1.58. The molecule has 0 aromatic rings. The van der Waals surface area contributed by atoms with Crippen LogP contribution in [-0.4, -0.2) is 31.6 Å². The highest BCUT2D eigenvalue weighted by molar-refractivity contribution is 5.83. The van der Waals surface area contributed by atoms with Gasteiger partial charge in [-0.25, -0.2) is 0 Å². The van der Waals surface area contributed by atoms with E-state index in [2.05, 4.69) is 19.2 Å². The lowest BCUT2D eigenvalue weighted by atomic mass is 9.95. The second-order valence-electron chi connectivity index (χ2n) is 4.04. The molecular formula is C11H21NO2. The van der Waals surface area contributed by atoms with Crippen molar-refractivity contribution in [2.24, 2.45) is 5.92 Å². The summed E-state index contributed by atoms with van der Waals surface area (Å²) in [6.45, 7) is 6.26. The first-order valence-electron chi connectivity index (χ1n) is 5.58. The van der Waals surface area contributed by atoms with Crippen LogP contribution in [0.4, 0.5) is 0 Å². The quantitative estimate of drug-likeness (QED) is 0.726. The van der Waals surface area contributed by atoms with Crippen LogP contribution in [0.2, 0.25) is 0 Å². The molecular weight excluding hydrogens is 178 g/mol. The molecule has 1 aliphatic rings. The SMILES string of the molecule is CCC(C)NCC(=O)C1CCOCC1. The smallest absolute Gasteiger partial charge is 0.149 e. The van der Waals surface area contributed by atoms with E-state index < -0.39 is 0 Å². The van der Waals surface area contributed by atoms with Gasteiger partial charge in [0.1, 0.15) is 5.78 Å². The molecule has 3 heteroatoms. The molecule has 0 radical (unpaired) electrons. The molecule has 1 saturated heterocycles. The third kappa shape index (κ3) is 3.76. The third-order valence-electron chi connectivity index (χ3n) is 2.91. The predicted octanol–water partition coefficient (Wildman–Crippen LogP) is 1.37. The largest absolute Gasteiger partial charge is 0.381 e. The van der Waals surface area contributed by atoms with Gasteiger partial charge in [-0.2, -0.15) is 0 Å². The molecule has 1 N–H and O–H groups in total. The molecule has 0 aliphatic carbocycles. The molecule has 3 nitrogen and oxygen atoms in total. The average Bonchev–Trinajstić information content (AvgIpc) is 2.26. The second kappa shape index (κ2) is 6.14. The van der Waals surface area contributed by atoms with Gasteiger partial charge in [-0.3, -0.25) is 4.79 Å². The van der Waals surface area contributed by atoms with Gasteiger partial charge < -0.3 is 10.1 Å². The number of carbonyl (C=O) groups is 1. The van der Waals surface area contributed by atoms with Crippen molar-refractivity contribution in [3.63, 3.8) is 0 Å². The Morgan fingerprint density at radius 3 is 2.71 bits per heavy atom. The van der Waals surface area contributed by atoms with E-state index in [4.69, 9.17) is 4.74 Å². The summed E-state index contributed by atoms with van der Waals surface area (Å²) < 4.78 is 5.22. The maximum absolute atomic E-state index is 11.7. The Bertz CT molecular complexity index is 176. The number of ether oxygens (including phenoxy) is 1. The van der Waals surface area contributed by atoms with E-state index in [1.807, 2.05) is 0 Å². The Morgan fingerprint density at radius 2 is 2.14 bits per heavy atom. The highest BCUT2D eigenvalue weighted by Crippen LogP contribution is 2.15. The zero-order valence-electron chi connectivity index (χ0n) is 9.21. The van der Waals surface area contributed by atoms with E-state index in [9.17, 15) is 4.79 Å². The van der Waals surface area contributed by atoms with Crippen LogP contribution in [0.5, 0.6) is 0 Å². The molecule has 1 aliphatic heterocycles. The molecule has 82 valence electrons. The van der Waals surface area contributed by atoms with Gasteiger partial charge in [0.05, 0.1) is 6.54 Å². The number of nitrogens with one attached hydrogen (secondary N) is 1. The molecule has 0 spiro atoms. The van der Waals surface area contributed by atoms with E-state index in [-0.39, 0.29) is 5.92 Å². The van der Waals surface area contributed by atoms with Gasteiger partial charge in [0.25, 0.3) is 0 Å². The number of Topliss-reactive ketones (excluding diaryl/α,β-unsaturated/α-hetero) is 1. The lowest BCUT2D eigenvalue weighted by Crippen LogP contribution is -2.35. The molecule has 1 atom stereocenters. The molecule has 0 amide bonds. The second-order valence-corrected chi connectivity index (χ2v) is 4.04. The summed E-state index contributed by atoms with van der Waals surface area (Å²) in [5.74, 6) is 0.592. The summed E-state index contributed by atoms with van der Waals surface area (Å²) in [5.41, 5.74) is 0. The van der Waals surface area contributed by atoms with Gasteiger partial charge in [-0.1, -0.05) is 6.92 Å². The minimum absolute atomic E-state index is 0.236. The van der Waals surface area contributed by atoms with E-state index in [0.717, 1.165) is 32.5 Å². The van der Waals surface area contributed by atoms with Gasteiger partial charge in [0, 0.05) is 25.2 Å². The van der Waals surface area contributed by atoms with Crippen molar-refractivity contribution in [3.05, 3.63) is 0 Å². The van der Waals surface area contributed by atoms with Gasteiger partial charge in [-0.15, -0.1) is 0 Å². The van der Waals surface area contributed by atoms with Crippen LogP contribution in [0.1, 0.15) is 33.1 Å². The summed E-state index contributed by atoms with van der Waals surface area (Å²) in [4.78, 5) is 11.7. The maximum atomic E-state index is 11.7. The van der Waals surface area contributed by atoms with E-state index >= 15 is 0 Å². The van der Waals surface area contributed by atoms with Gasteiger partial charge in [0.15, 0.2) is 0 Å². The first-order valence-corrected chi connectivity index (χ1v) is 5.58. The van der Waals surface area contributed by atoms with Crippen LogP contribution in [0.15, 0.2) is 0 Å². The Hall–Kier alpha value is -0.410. The fourth-order valence-corrected chi connectivity index (χ4v) is 1.58. The summed E-state index contributed by atoms with van der Waals surface area (Å²) in [6, 6.07) is 0.443. The maximum Gasteiger partial charge on any atom is 0.149 e. The van der Waals surface area contributed by atoms with Crippen molar-refractivity contribution in [1.29, 1.82) is 0 Å². The molecule has 0 aromatic heterocycles. The zero-order chi connectivity index (χ0) is 10.4. The minimum atomic E-state index is 0.236. The van der Waals surface area contributed by atoms with Crippen LogP contribution in [0.3, 0.4) is 0 Å². The minimum Gasteiger partial charge on any atom is -0.381 e.